The van der Waals surface area contributed by atoms with E-state index in [4.69, 9.17) is 16.1 Å². The Hall–Kier alpha value is -3.74. The van der Waals surface area contributed by atoms with Crippen LogP contribution in [0.3, 0.4) is 0 Å². The van der Waals surface area contributed by atoms with E-state index < -0.39 is 47.1 Å². The number of halogens is 6. The fourth-order valence-corrected chi connectivity index (χ4v) is 3.53. The summed E-state index contributed by atoms with van der Waals surface area (Å²) in [6.07, 6.45) is 2.29. The summed E-state index contributed by atoms with van der Waals surface area (Å²) in [7, 11) is 0. The van der Waals surface area contributed by atoms with Crippen molar-refractivity contribution in [1.29, 1.82) is 0 Å². The third-order valence-electron chi connectivity index (χ3n) is 5.31. The molecule has 1 N–H and O–H groups in total. The Bertz CT molecular complexity index is 1430. The van der Waals surface area contributed by atoms with Gasteiger partial charge in [0.15, 0.2) is 29.0 Å². The second-order valence-electron chi connectivity index (χ2n) is 7.64. The molecule has 0 bridgehead atoms. The molecule has 0 aliphatic rings. The van der Waals surface area contributed by atoms with Gasteiger partial charge < -0.3 is 9.84 Å². The van der Waals surface area contributed by atoms with Gasteiger partial charge in [-0.1, -0.05) is 16.8 Å². The van der Waals surface area contributed by atoms with Crippen LogP contribution in [-0.4, -0.2) is 30.6 Å². The zero-order valence-corrected chi connectivity index (χ0v) is 19.1. The Balaban J connectivity index is 1.54. The molecule has 0 unspecified atom stereocenters. The quantitative estimate of drug-likeness (QED) is 0.229. The van der Waals surface area contributed by atoms with Crippen LogP contribution in [0.1, 0.15) is 38.8 Å². The van der Waals surface area contributed by atoms with Gasteiger partial charge in [-0.15, -0.1) is 0 Å². The topological polar surface area (TPSA) is 90.8 Å². The van der Waals surface area contributed by atoms with E-state index in [1.165, 1.54) is 0 Å². The summed E-state index contributed by atoms with van der Waals surface area (Å²) in [5.41, 5.74) is 0.716. The molecule has 0 saturated heterocycles. The van der Waals surface area contributed by atoms with Crippen molar-refractivity contribution < 1.29 is 31.3 Å². The number of aryl methyl sites for hydroxylation is 2. The van der Waals surface area contributed by atoms with Gasteiger partial charge in [0.2, 0.25) is 5.82 Å². The molecule has 8 nitrogen and oxygen atoms in total. The van der Waals surface area contributed by atoms with E-state index >= 15 is 0 Å². The monoisotopic (exact) mass is 514 g/mol. The molecule has 3 aromatic heterocycles. The molecule has 0 saturated carbocycles. The van der Waals surface area contributed by atoms with E-state index in [-0.39, 0.29) is 17.9 Å². The van der Waals surface area contributed by atoms with Gasteiger partial charge in [-0.25, -0.2) is 22.0 Å². The van der Waals surface area contributed by atoms with Crippen LogP contribution in [-0.2, 0) is 13.1 Å². The van der Waals surface area contributed by atoms with Crippen molar-refractivity contribution >= 4 is 23.2 Å². The van der Waals surface area contributed by atoms with Crippen LogP contribution in [0.4, 0.5) is 27.6 Å². The number of anilines is 1. The van der Waals surface area contributed by atoms with E-state index in [0.29, 0.717) is 27.7 Å². The van der Waals surface area contributed by atoms with Gasteiger partial charge in [0.25, 0.3) is 5.91 Å². The maximum atomic E-state index is 13.9. The third-order valence-corrected chi connectivity index (χ3v) is 5.86. The normalized spacial score (nSPS) is 11.3. The van der Waals surface area contributed by atoms with E-state index in [2.05, 4.69) is 20.7 Å². The molecular formula is C21H16ClF5N6O2. The van der Waals surface area contributed by atoms with Gasteiger partial charge in [0, 0.05) is 11.8 Å². The SMILES string of the molecule is Cc1nn(Cc2c(C(=O)Nc3cnn(Cc4c(F)c(F)c(F)c(F)c4F)c3)noc2C)c(C)c1Cl. The maximum Gasteiger partial charge on any atom is 0.278 e. The van der Waals surface area contributed by atoms with Crippen LogP contribution >= 0.6 is 11.6 Å². The zero-order valence-electron chi connectivity index (χ0n) is 18.4. The second kappa shape index (κ2) is 9.13. The highest BCUT2D eigenvalue weighted by molar-refractivity contribution is 6.31. The molecule has 4 rings (SSSR count). The number of nitrogens with one attached hydrogen (secondary N) is 1. The summed E-state index contributed by atoms with van der Waals surface area (Å²) in [5.74, 6) is -10.6. The van der Waals surface area contributed by atoms with Crippen molar-refractivity contribution in [2.45, 2.75) is 33.9 Å². The number of carbonyl (C=O) groups is 1. The number of amides is 1. The minimum atomic E-state index is -2.25. The molecule has 0 aliphatic carbocycles. The lowest BCUT2D eigenvalue weighted by Crippen LogP contribution is -2.16. The maximum absolute atomic E-state index is 13.9. The lowest BCUT2D eigenvalue weighted by atomic mass is 10.1. The molecule has 1 aromatic carbocycles. The Morgan fingerprint density at radius 3 is 2.23 bits per heavy atom. The third kappa shape index (κ3) is 4.38. The molecule has 184 valence electrons. The fraction of sp³-hybridized carbons (Fsp3) is 0.238. The lowest BCUT2D eigenvalue weighted by molar-refractivity contribution is 0.101. The number of nitrogens with zero attached hydrogens (tertiary/aromatic N) is 5. The average Bonchev–Trinajstić information content (AvgIpc) is 3.49. The minimum absolute atomic E-state index is 0.0429. The van der Waals surface area contributed by atoms with Crippen LogP contribution < -0.4 is 5.32 Å². The first-order valence-corrected chi connectivity index (χ1v) is 10.4. The van der Waals surface area contributed by atoms with Crippen LogP contribution in [0.15, 0.2) is 16.9 Å². The van der Waals surface area contributed by atoms with E-state index in [9.17, 15) is 26.7 Å². The highest BCUT2D eigenvalue weighted by Gasteiger charge is 2.26. The van der Waals surface area contributed by atoms with Crippen molar-refractivity contribution in [2.75, 3.05) is 5.32 Å². The highest BCUT2D eigenvalue weighted by Crippen LogP contribution is 2.25. The Labute approximate surface area is 199 Å². The smallest absolute Gasteiger partial charge is 0.278 e. The Morgan fingerprint density at radius 1 is 1.00 bits per heavy atom. The predicted molar refractivity (Wildman–Crippen MR) is 113 cm³/mol. The molecule has 14 heteroatoms. The Morgan fingerprint density at radius 2 is 1.63 bits per heavy atom. The Kier molecular flexibility index (Phi) is 6.36. The molecule has 0 atom stereocenters. The molecular weight excluding hydrogens is 499 g/mol. The van der Waals surface area contributed by atoms with Crippen molar-refractivity contribution in [3.05, 3.63) is 80.5 Å². The van der Waals surface area contributed by atoms with Crippen molar-refractivity contribution in [1.82, 2.24) is 24.7 Å². The van der Waals surface area contributed by atoms with Crippen molar-refractivity contribution in [2.24, 2.45) is 0 Å². The summed E-state index contributed by atoms with van der Waals surface area (Å²) in [4.78, 5) is 12.8. The van der Waals surface area contributed by atoms with Gasteiger partial charge in [0.1, 0.15) is 5.76 Å². The molecule has 0 fully saturated rings. The molecule has 0 spiro atoms. The summed E-state index contributed by atoms with van der Waals surface area (Å²) in [5, 5.41) is 14.9. The van der Waals surface area contributed by atoms with Crippen LogP contribution in [0, 0.1) is 49.9 Å². The molecule has 4 aromatic rings. The standard InChI is InChI=1S/C21H16ClF5N6O2/c1-8-14(22)9(2)33(30-8)7-12-10(3)35-31-20(12)21(34)29-11-4-28-32(5-11)6-13-15(23)17(25)19(27)18(26)16(13)24/h4-5H,6-7H2,1-3H3,(H,29,34). The predicted octanol–water partition coefficient (Wildman–Crippen LogP) is 4.69. The first-order chi connectivity index (χ1) is 16.5. The zero-order chi connectivity index (χ0) is 25.6. The fourth-order valence-electron chi connectivity index (χ4n) is 3.39. The summed E-state index contributed by atoms with van der Waals surface area (Å²) in [6.45, 7) is 4.51. The number of rotatable bonds is 6. The molecule has 35 heavy (non-hydrogen) atoms. The second-order valence-corrected chi connectivity index (χ2v) is 8.02. The summed E-state index contributed by atoms with van der Waals surface area (Å²) < 4.78 is 75.6. The van der Waals surface area contributed by atoms with Crippen LogP contribution in [0.25, 0.3) is 0 Å². The largest absolute Gasteiger partial charge is 0.361 e. The van der Waals surface area contributed by atoms with Crippen LogP contribution in [0.2, 0.25) is 5.02 Å². The van der Waals surface area contributed by atoms with Crippen molar-refractivity contribution in [3.63, 3.8) is 0 Å². The van der Waals surface area contributed by atoms with E-state index in [1.54, 1.807) is 25.5 Å². The molecule has 1 amide bonds. The average molecular weight is 515 g/mol. The summed E-state index contributed by atoms with van der Waals surface area (Å²) in [6, 6.07) is 0. The van der Waals surface area contributed by atoms with Gasteiger partial charge >= 0.3 is 0 Å². The van der Waals surface area contributed by atoms with E-state index in [0.717, 1.165) is 17.1 Å². The number of hydrogen-bond acceptors (Lipinski definition) is 5. The molecule has 0 aliphatic heterocycles. The number of aromatic nitrogens is 5. The van der Waals surface area contributed by atoms with Gasteiger partial charge in [-0.2, -0.15) is 10.2 Å². The number of benzene rings is 1. The van der Waals surface area contributed by atoms with Gasteiger partial charge in [-0.3, -0.25) is 14.2 Å². The van der Waals surface area contributed by atoms with Crippen LogP contribution in [0.5, 0.6) is 0 Å². The molecule has 3 heterocycles. The highest BCUT2D eigenvalue weighted by atomic mass is 35.5. The van der Waals surface area contributed by atoms with Crippen molar-refractivity contribution in [3.8, 4) is 0 Å². The van der Waals surface area contributed by atoms with Gasteiger partial charge in [-0.05, 0) is 20.8 Å². The lowest BCUT2D eigenvalue weighted by Gasteiger charge is -2.08. The summed E-state index contributed by atoms with van der Waals surface area (Å²) >= 11 is 6.17. The first kappa shape index (κ1) is 24.4. The minimum Gasteiger partial charge on any atom is -0.361 e. The van der Waals surface area contributed by atoms with Gasteiger partial charge in [0.05, 0.1) is 46.9 Å². The number of carbonyl (C=O) groups excluding carboxylic acids is 1. The first-order valence-electron chi connectivity index (χ1n) is 9.98. The van der Waals surface area contributed by atoms with E-state index in [1.807, 2.05) is 0 Å². The number of hydrogen-bond donors (Lipinski definition) is 1. The molecule has 0 radical (unpaired) electrons.